The number of rotatable bonds is 6. The zero-order valence-corrected chi connectivity index (χ0v) is 15.0. The van der Waals surface area contributed by atoms with Gasteiger partial charge in [-0.2, -0.15) is 0 Å². The molecule has 1 aromatic carbocycles. The van der Waals surface area contributed by atoms with Crippen molar-refractivity contribution in [1.82, 2.24) is 15.2 Å². The van der Waals surface area contributed by atoms with E-state index >= 15 is 0 Å². The van der Waals surface area contributed by atoms with Crippen LogP contribution < -0.4 is 10.1 Å². The fourth-order valence-electron chi connectivity index (χ4n) is 2.22. The number of aromatic nitrogens is 3. The molecule has 1 amide bonds. The van der Waals surface area contributed by atoms with Crippen LogP contribution in [0.15, 0.2) is 28.7 Å². The van der Waals surface area contributed by atoms with Gasteiger partial charge in [-0.05, 0) is 38.0 Å². The third-order valence-corrected chi connectivity index (χ3v) is 4.53. The molecule has 0 aliphatic heterocycles. The van der Waals surface area contributed by atoms with Crippen molar-refractivity contribution in [2.45, 2.75) is 27.2 Å². The number of benzene rings is 1. The summed E-state index contributed by atoms with van der Waals surface area (Å²) in [6.45, 7) is 5.72. The molecule has 0 saturated carbocycles. The summed E-state index contributed by atoms with van der Waals surface area (Å²) in [6, 6.07) is 7.65. The van der Waals surface area contributed by atoms with Crippen LogP contribution in [0.25, 0.3) is 10.8 Å². The molecule has 0 saturated heterocycles. The monoisotopic (exact) mass is 358 g/mol. The lowest BCUT2D eigenvalue weighted by Crippen LogP contribution is -2.20. The molecule has 7 nitrogen and oxygen atoms in total. The minimum atomic E-state index is -0.369. The number of nitrogens with zero attached hydrogens (tertiary/aromatic N) is 3. The first-order valence-corrected chi connectivity index (χ1v) is 8.66. The first kappa shape index (κ1) is 17.1. The van der Waals surface area contributed by atoms with Crippen molar-refractivity contribution >= 4 is 23.3 Å². The second-order valence-electron chi connectivity index (χ2n) is 5.39. The highest BCUT2D eigenvalue weighted by Crippen LogP contribution is 2.29. The quantitative estimate of drug-likeness (QED) is 0.726. The SMILES string of the molecule is CCc1ccc(OCC(=O)Nc2nnc(-c3sc(C)nc3C)o2)cc1. The van der Waals surface area contributed by atoms with Gasteiger partial charge in [0.1, 0.15) is 10.6 Å². The molecule has 0 spiro atoms. The van der Waals surface area contributed by atoms with Crippen molar-refractivity contribution in [2.24, 2.45) is 0 Å². The smallest absolute Gasteiger partial charge is 0.322 e. The summed E-state index contributed by atoms with van der Waals surface area (Å²) in [5, 5.41) is 11.2. The van der Waals surface area contributed by atoms with E-state index < -0.39 is 0 Å². The van der Waals surface area contributed by atoms with E-state index in [2.05, 4.69) is 27.4 Å². The molecule has 0 unspecified atom stereocenters. The van der Waals surface area contributed by atoms with Crippen LogP contribution in [0, 0.1) is 13.8 Å². The molecule has 3 aromatic rings. The lowest BCUT2D eigenvalue weighted by atomic mass is 10.2. The Bertz CT molecular complexity index is 870. The maximum atomic E-state index is 12.0. The standard InChI is InChI=1S/C17H18N4O3S/c1-4-12-5-7-13(8-6-12)23-9-14(22)19-17-21-20-16(24-17)15-10(2)18-11(3)25-15/h5-8H,4,9H2,1-3H3,(H,19,21,22). The van der Waals surface area contributed by atoms with Gasteiger partial charge in [0, 0.05) is 0 Å². The van der Waals surface area contributed by atoms with E-state index in [1.807, 2.05) is 38.1 Å². The zero-order chi connectivity index (χ0) is 17.8. The van der Waals surface area contributed by atoms with Crippen molar-refractivity contribution in [3.63, 3.8) is 0 Å². The number of aryl methyl sites for hydroxylation is 3. The van der Waals surface area contributed by atoms with Crippen LogP contribution in [0.3, 0.4) is 0 Å². The van der Waals surface area contributed by atoms with Crippen molar-refractivity contribution < 1.29 is 13.9 Å². The lowest BCUT2D eigenvalue weighted by Gasteiger charge is -2.05. The van der Waals surface area contributed by atoms with E-state index in [0.29, 0.717) is 11.6 Å². The molecule has 0 fully saturated rings. The van der Waals surface area contributed by atoms with Crippen molar-refractivity contribution in [3.8, 4) is 16.5 Å². The summed E-state index contributed by atoms with van der Waals surface area (Å²) in [5.41, 5.74) is 2.03. The Labute approximate surface area is 149 Å². The molecule has 0 radical (unpaired) electrons. The van der Waals surface area contributed by atoms with Crippen molar-refractivity contribution in [1.29, 1.82) is 0 Å². The van der Waals surface area contributed by atoms with Gasteiger partial charge in [0.15, 0.2) is 6.61 Å². The number of hydrogen-bond donors (Lipinski definition) is 1. The summed E-state index contributed by atoms with van der Waals surface area (Å²) in [6.07, 6.45) is 0.957. The van der Waals surface area contributed by atoms with Crippen LogP contribution in [0.1, 0.15) is 23.2 Å². The number of amides is 1. The Kier molecular flexibility index (Phi) is 5.08. The number of thiazole rings is 1. The number of nitrogens with one attached hydrogen (secondary N) is 1. The second kappa shape index (κ2) is 7.43. The van der Waals surface area contributed by atoms with E-state index in [0.717, 1.165) is 22.0 Å². The maximum Gasteiger partial charge on any atom is 0.322 e. The Morgan fingerprint density at radius 2 is 2.00 bits per heavy atom. The van der Waals surface area contributed by atoms with Crippen LogP contribution in [-0.2, 0) is 11.2 Å². The minimum Gasteiger partial charge on any atom is -0.484 e. The molecule has 0 bridgehead atoms. The highest BCUT2D eigenvalue weighted by molar-refractivity contribution is 7.15. The average molecular weight is 358 g/mol. The van der Waals surface area contributed by atoms with Gasteiger partial charge in [0.05, 0.1) is 10.7 Å². The Morgan fingerprint density at radius 1 is 1.24 bits per heavy atom. The third-order valence-electron chi connectivity index (χ3n) is 3.47. The van der Waals surface area contributed by atoms with Gasteiger partial charge in [0.25, 0.3) is 11.8 Å². The summed E-state index contributed by atoms with van der Waals surface area (Å²) in [4.78, 5) is 17.1. The fraction of sp³-hybridized carbons (Fsp3) is 0.294. The van der Waals surface area contributed by atoms with Crippen LogP contribution in [-0.4, -0.2) is 27.7 Å². The van der Waals surface area contributed by atoms with Gasteiger partial charge >= 0.3 is 6.01 Å². The summed E-state index contributed by atoms with van der Waals surface area (Å²) >= 11 is 1.47. The number of anilines is 1. The highest BCUT2D eigenvalue weighted by atomic mass is 32.1. The molecule has 2 aromatic heterocycles. The molecule has 3 rings (SSSR count). The second-order valence-corrected chi connectivity index (χ2v) is 6.60. The maximum absolute atomic E-state index is 12.0. The van der Waals surface area contributed by atoms with Crippen LogP contribution in [0.5, 0.6) is 5.75 Å². The van der Waals surface area contributed by atoms with E-state index in [1.165, 1.54) is 16.9 Å². The molecule has 0 atom stereocenters. The van der Waals surface area contributed by atoms with Crippen LogP contribution >= 0.6 is 11.3 Å². The van der Waals surface area contributed by atoms with E-state index in [-0.39, 0.29) is 18.5 Å². The Hall–Kier alpha value is -2.74. The molecule has 25 heavy (non-hydrogen) atoms. The van der Waals surface area contributed by atoms with Gasteiger partial charge in [-0.25, -0.2) is 4.98 Å². The predicted octanol–water partition coefficient (Wildman–Crippen LogP) is 3.39. The van der Waals surface area contributed by atoms with Gasteiger partial charge in [0.2, 0.25) is 0 Å². The van der Waals surface area contributed by atoms with Gasteiger partial charge in [-0.1, -0.05) is 24.2 Å². The molecule has 8 heteroatoms. The van der Waals surface area contributed by atoms with Gasteiger partial charge < -0.3 is 9.15 Å². The van der Waals surface area contributed by atoms with Crippen molar-refractivity contribution in [2.75, 3.05) is 11.9 Å². The van der Waals surface area contributed by atoms with E-state index in [1.54, 1.807) is 0 Å². The Morgan fingerprint density at radius 3 is 2.64 bits per heavy atom. The third kappa shape index (κ3) is 4.21. The fourth-order valence-corrected chi connectivity index (χ4v) is 3.06. The molecule has 0 aliphatic carbocycles. The van der Waals surface area contributed by atoms with Gasteiger partial charge in [-0.3, -0.25) is 10.1 Å². The topological polar surface area (TPSA) is 90.1 Å². The van der Waals surface area contributed by atoms with E-state index in [9.17, 15) is 4.79 Å². The summed E-state index contributed by atoms with van der Waals surface area (Å²) in [5.74, 6) is 0.607. The largest absolute Gasteiger partial charge is 0.484 e. The number of ether oxygens (including phenoxy) is 1. The first-order valence-electron chi connectivity index (χ1n) is 7.84. The average Bonchev–Trinajstić information content (AvgIpc) is 3.19. The van der Waals surface area contributed by atoms with Crippen LogP contribution in [0.2, 0.25) is 0 Å². The number of carbonyl (C=O) groups is 1. The molecule has 130 valence electrons. The molecule has 0 aliphatic rings. The lowest BCUT2D eigenvalue weighted by molar-refractivity contribution is -0.118. The van der Waals surface area contributed by atoms with Gasteiger partial charge in [-0.15, -0.1) is 16.4 Å². The summed E-state index contributed by atoms with van der Waals surface area (Å²) < 4.78 is 10.9. The molecule has 1 N–H and O–H groups in total. The Balaban J connectivity index is 1.57. The molecular formula is C17H18N4O3S. The number of carbonyl (C=O) groups excluding carboxylic acids is 1. The normalized spacial score (nSPS) is 10.7. The molecular weight excluding hydrogens is 340 g/mol. The zero-order valence-electron chi connectivity index (χ0n) is 14.2. The highest BCUT2D eigenvalue weighted by Gasteiger charge is 2.16. The van der Waals surface area contributed by atoms with Crippen LogP contribution in [0.4, 0.5) is 6.01 Å². The van der Waals surface area contributed by atoms with Crippen molar-refractivity contribution in [3.05, 3.63) is 40.5 Å². The number of hydrogen-bond acceptors (Lipinski definition) is 7. The summed E-state index contributed by atoms with van der Waals surface area (Å²) in [7, 11) is 0. The predicted molar refractivity (Wildman–Crippen MR) is 94.8 cm³/mol. The van der Waals surface area contributed by atoms with E-state index in [4.69, 9.17) is 9.15 Å². The molecule has 2 heterocycles. The minimum absolute atomic E-state index is 0.0374. The first-order chi connectivity index (χ1) is 12.0.